The lowest BCUT2D eigenvalue weighted by atomic mass is 9.93. The molecule has 7 heteroatoms. The van der Waals surface area contributed by atoms with Crippen molar-refractivity contribution in [2.75, 3.05) is 4.90 Å². The Labute approximate surface area is 215 Å². The van der Waals surface area contributed by atoms with Crippen molar-refractivity contribution in [1.82, 2.24) is 14.9 Å². The molecule has 0 radical (unpaired) electrons. The lowest BCUT2D eigenvalue weighted by molar-refractivity contribution is 0.563. The minimum atomic E-state index is -0.236. The van der Waals surface area contributed by atoms with Crippen molar-refractivity contribution in [3.63, 3.8) is 0 Å². The van der Waals surface area contributed by atoms with Crippen molar-refractivity contribution in [1.29, 1.82) is 0 Å². The lowest BCUT2D eigenvalue weighted by Gasteiger charge is -2.29. The van der Waals surface area contributed by atoms with Crippen LogP contribution in [-0.4, -0.2) is 14.7 Å². The number of halogens is 2. The van der Waals surface area contributed by atoms with E-state index in [1.807, 2.05) is 42.5 Å². The summed E-state index contributed by atoms with van der Waals surface area (Å²) in [4.78, 5) is 6.75. The molecule has 0 unspecified atom stereocenters. The van der Waals surface area contributed by atoms with Crippen LogP contribution >= 0.6 is 23.8 Å². The van der Waals surface area contributed by atoms with Gasteiger partial charge in [-0.05, 0) is 99.6 Å². The van der Waals surface area contributed by atoms with Crippen LogP contribution < -0.4 is 10.2 Å². The Morgan fingerprint density at radius 2 is 1.74 bits per heavy atom. The molecule has 3 heterocycles. The number of aryl methyl sites for hydroxylation is 1. The van der Waals surface area contributed by atoms with Crippen molar-refractivity contribution < 1.29 is 4.39 Å². The van der Waals surface area contributed by atoms with E-state index in [1.165, 1.54) is 11.6 Å². The zero-order valence-electron chi connectivity index (χ0n) is 20.0. The first-order chi connectivity index (χ1) is 16.8. The molecular formula is C28H26ClFN4S. The molecule has 1 N–H and O–H groups in total. The van der Waals surface area contributed by atoms with Gasteiger partial charge < -0.3 is 14.8 Å². The van der Waals surface area contributed by atoms with Crippen molar-refractivity contribution in [3.8, 4) is 5.69 Å². The first-order valence-corrected chi connectivity index (χ1v) is 12.3. The maximum Gasteiger partial charge on any atom is 0.174 e. The maximum atomic E-state index is 14.2. The molecule has 1 fully saturated rings. The van der Waals surface area contributed by atoms with Gasteiger partial charge in [0, 0.05) is 39.5 Å². The first-order valence-electron chi connectivity index (χ1n) is 11.5. The monoisotopic (exact) mass is 504 g/mol. The van der Waals surface area contributed by atoms with E-state index < -0.39 is 0 Å². The van der Waals surface area contributed by atoms with Gasteiger partial charge in [-0.25, -0.2) is 4.39 Å². The second-order valence-electron chi connectivity index (χ2n) is 8.95. The fourth-order valence-corrected chi connectivity index (χ4v) is 5.68. The number of nitrogens with zero attached hydrogens (tertiary/aromatic N) is 3. The van der Waals surface area contributed by atoms with Crippen LogP contribution in [0, 0.1) is 33.5 Å². The molecule has 0 spiro atoms. The number of hydrogen-bond acceptors (Lipinski definition) is 2. The van der Waals surface area contributed by atoms with Gasteiger partial charge >= 0.3 is 0 Å². The fourth-order valence-electron chi connectivity index (χ4n) is 5.15. The van der Waals surface area contributed by atoms with Crippen molar-refractivity contribution >= 4 is 34.6 Å². The van der Waals surface area contributed by atoms with Crippen LogP contribution in [0.25, 0.3) is 5.69 Å². The van der Waals surface area contributed by atoms with Gasteiger partial charge in [0.15, 0.2) is 5.11 Å². The molecule has 178 valence electrons. The Hall–Kier alpha value is -3.22. The highest BCUT2D eigenvalue weighted by Gasteiger charge is 2.43. The Kier molecular flexibility index (Phi) is 6.11. The number of pyridine rings is 1. The van der Waals surface area contributed by atoms with Crippen LogP contribution in [0.4, 0.5) is 10.1 Å². The minimum Gasteiger partial charge on any atom is -0.351 e. The summed E-state index contributed by atoms with van der Waals surface area (Å²) in [7, 11) is 0. The number of benzene rings is 2. The van der Waals surface area contributed by atoms with Crippen LogP contribution in [0.2, 0.25) is 5.02 Å². The molecule has 0 bridgehead atoms. The first kappa shape index (κ1) is 23.5. The number of thiocarbonyl (C=S) groups is 1. The zero-order valence-corrected chi connectivity index (χ0v) is 21.6. The number of nitrogens with one attached hydrogen (secondary N) is 1. The van der Waals surface area contributed by atoms with Gasteiger partial charge in [0.1, 0.15) is 5.82 Å². The molecular weight excluding hydrogens is 479 g/mol. The van der Waals surface area contributed by atoms with Crippen molar-refractivity contribution in [2.24, 2.45) is 0 Å². The van der Waals surface area contributed by atoms with Crippen LogP contribution in [0.15, 0.2) is 66.9 Å². The number of anilines is 1. The topological polar surface area (TPSA) is 33.1 Å². The SMILES string of the molecule is Cc1cc(N2C(=S)N[C@@H](c3ccccn3)[C@@H]2c2c(C)c(C)n(-c3cccc(Cl)c3)c2C)ccc1F. The van der Waals surface area contributed by atoms with E-state index in [0.717, 1.165) is 34.0 Å². The Balaban J connectivity index is 1.74. The van der Waals surface area contributed by atoms with Gasteiger partial charge in [0.2, 0.25) is 0 Å². The second kappa shape index (κ2) is 9.10. The van der Waals surface area contributed by atoms with E-state index in [1.54, 1.807) is 19.2 Å². The largest absolute Gasteiger partial charge is 0.351 e. The smallest absolute Gasteiger partial charge is 0.174 e. The Morgan fingerprint density at radius 3 is 2.43 bits per heavy atom. The average molecular weight is 505 g/mol. The summed E-state index contributed by atoms with van der Waals surface area (Å²) in [5, 5.41) is 4.78. The van der Waals surface area contributed by atoms with Crippen LogP contribution in [0.1, 0.15) is 45.9 Å². The quantitative estimate of drug-likeness (QED) is 0.301. The van der Waals surface area contributed by atoms with Gasteiger partial charge in [-0.2, -0.15) is 0 Å². The molecule has 4 nitrogen and oxygen atoms in total. The third-order valence-electron chi connectivity index (χ3n) is 6.89. The summed E-state index contributed by atoms with van der Waals surface area (Å²) >= 11 is 12.2. The van der Waals surface area contributed by atoms with Gasteiger partial charge in [-0.3, -0.25) is 4.98 Å². The van der Waals surface area contributed by atoms with Crippen molar-refractivity contribution in [3.05, 3.63) is 111 Å². The lowest BCUT2D eigenvalue weighted by Crippen LogP contribution is -2.30. The predicted molar refractivity (Wildman–Crippen MR) is 144 cm³/mol. The van der Waals surface area contributed by atoms with E-state index in [2.05, 4.69) is 46.6 Å². The molecule has 0 aliphatic carbocycles. The molecule has 1 aliphatic heterocycles. The molecule has 5 rings (SSSR count). The summed E-state index contributed by atoms with van der Waals surface area (Å²) in [6, 6.07) is 18.5. The highest BCUT2D eigenvalue weighted by Crippen LogP contribution is 2.45. The molecule has 2 atom stereocenters. The van der Waals surface area contributed by atoms with E-state index in [-0.39, 0.29) is 17.9 Å². The van der Waals surface area contributed by atoms with Crippen LogP contribution in [-0.2, 0) is 0 Å². The summed E-state index contributed by atoms with van der Waals surface area (Å²) in [6.07, 6.45) is 1.80. The fraction of sp³-hybridized carbons (Fsp3) is 0.214. The standard InChI is InChI=1S/C28H26ClFN4S/c1-16-14-22(11-12-23(16)30)34-27(26(32-28(34)35)24-10-5-6-13-31-24)25-17(2)18(3)33(19(25)4)21-9-7-8-20(29)15-21/h5-15,26-27H,1-4H3,(H,32,35)/t26-,27-/m0/s1. The molecule has 0 saturated carbocycles. The summed E-state index contributed by atoms with van der Waals surface area (Å²) < 4.78 is 16.4. The number of rotatable bonds is 4. The van der Waals surface area contributed by atoms with Crippen LogP contribution in [0.5, 0.6) is 0 Å². The molecule has 2 aromatic carbocycles. The van der Waals surface area contributed by atoms with Gasteiger partial charge in [-0.1, -0.05) is 23.7 Å². The van der Waals surface area contributed by atoms with Gasteiger partial charge in [0.05, 0.1) is 17.8 Å². The molecule has 35 heavy (non-hydrogen) atoms. The third kappa shape index (κ3) is 4.01. The van der Waals surface area contributed by atoms with Crippen LogP contribution in [0.3, 0.4) is 0 Å². The normalized spacial score (nSPS) is 17.7. The van der Waals surface area contributed by atoms with E-state index in [9.17, 15) is 4.39 Å². The molecule has 1 saturated heterocycles. The van der Waals surface area contributed by atoms with Crippen molar-refractivity contribution in [2.45, 2.75) is 39.8 Å². The highest BCUT2D eigenvalue weighted by molar-refractivity contribution is 7.80. The Bertz CT molecular complexity index is 1430. The minimum absolute atomic E-state index is 0.179. The maximum absolute atomic E-state index is 14.2. The van der Waals surface area contributed by atoms with E-state index in [4.69, 9.17) is 23.8 Å². The van der Waals surface area contributed by atoms with Gasteiger partial charge in [-0.15, -0.1) is 0 Å². The van der Waals surface area contributed by atoms with E-state index in [0.29, 0.717) is 15.7 Å². The van der Waals surface area contributed by atoms with Gasteiger partial charge in [0.25, 0.3) is 0 Å². The second-order valence-corrected chi connectivity index (χ2v) is 9.78. The molecule has 1 aliphatic rings. The molecule has 4 aromatic rings. The average Bonchev–Trinajstić information content (AvgIpc) is 3.28. The summed E-state index contributed by atoms with van der Waals surface area (Å²) in [5.41, 5.74) is 7.89. The van der Waals surface area contributed by atoms with E-state index >= 15 is 0 Å². The predicted octanol–water partition coefficient (Wildman–Crippen LogP) is 7.08. The summed E-state index contributed by atoms with van der Waals surface area (Å²) in [6.45, 7) is 8.16. The highest BCUT2D eigenvalue weighted by atomic mass is 35.5. The zero-order chi connectivity index (χ0) is 24.9. The summed E-state index contributed by atoms with van der Waals surface area (Å²) in [5.74, 6) is -0.236. The molecule has 2 aromatic heterocycles. The number of hydrogen-bond donors (Lipinski definition) is 1. The number of aromatic nitrogens is 2. The Morgan fingerprint density at radius 1 is 0.943 bits per heavy atom. The molecule has 0 amide bonds. The third-order valence-corrected chi connectivity index (χ3v) is 7.44.